The first kappa shape index (κ1) is 15.1. The number of aliphatic hydroxyl groups excluding tert-OH is 1. The van der Waals surface area contributed by atoms with Crippen LogP contribution in [-0.4, -0.2) is 38.0 Å². The fourth-order valence-corrected chi connectivity index (χ4v) is 3.04. The molecule has 1 rings (SSSR count). The standard InChI is InChI=1S/C13H21NO3S/c1-5-12(15)10(2)11-8-6-7-9-13(11)18(16,17)14(3)4/h6-10,12,15H,5H2,1-4H3. The van der Waals surface area contributed by atoms with Gasteiger partial charge in [-0.25, -0.2) is 12.7 Å². The lowest BCUT2D eigenvalue weighted by Gasteiger charge is -2.22. The lowest BCUT2D eigenvalue weighted by Crippen LogP contribution is -2.25. The Labute approximate surface area is 109 Å². The Morgan fingerprint density at radius 3 is 2.33 bits per heavy atom. The lowest BCUT2D eigenvalue weighted by atomic mass is 9.94. The minimum atomic E-state index is -3.47. The molecule has 0 saturated carbocycles. The molecule has 1 N–H and O–H groups in total. The average Bonchev–Trinajstić information content (AvgIpc) is 2.36. The number of sulfonamides is 1. The van der Waals surface area contributed by atoms with Gasteiger partial charge >= 0.3 is 0 Å². The number of benzene rings is 1. The van der Waals surface area contributed by atoms with Crippen molar-refractivity contribution in [2.45, 2.75) is 37.2 Å². The fraction of sp³-hybridized carbons (Fsp3) is 0.538. The van der Waals surface area contributed by atoms with Gasteiger partial charge in [-0.05, 0) is 18.1 Å². The smallest absolute Gasteiger partial charge is 0.242 e. The van der Waals surface area contributed by atoms with E-state index in [0.29, 0.717) is 12.0 Å². The zero-order valence-electron chi connectivity index (χ0n) is 11.3. The second kappa shape index (κ2) is 5.82. The van der Waals surface area contributed by atoms with Crippen LogP contribution in [0.15, 0.2) is 29.2 Å². The second-order valence-electron chi connectivity index (χ2n) is 4.59. The minimum Gasteiger partial charge on any atom is -0.393 e. The summed E-state index contributed by atoms with van der Waals surface area (Å²) >= 11 is 0. The van der Waals surface area contributed by atoms with Gasteiger partial charge in [0.1, 0.15) is 0 Å². The van der Waals surface area contributed by atoms with Crippen LogP contribution in [0.3, 0.4) is 0 Å². The van der Waals surface area contributed by atoms with Gasteiger partial charge in [0, 0.05) is 20.0 Å². The van der Waals surface area contributed by atoms with Gasteiger partial charge in [-0.2, -0.15) is 0 Å². The molecule has 18 heavy (non-hydrogen) atoms. The number of nitrogens with zero attached hydrogens (tertiary/aromatic N) is 1. The normalized spacial score (nSPS) is 15.7. The van der Waals surface area contributed by atoms with Crippen molar-refractivity contribution in [2.75, 3.05) is 14.1 Å². The number of rotatable bonds is 5. The van der Waals surface area contributed by atoms with Crippen molar-refractivity contribution < 1.29 is 13.5 Å². The molecule has 0 saturated heterocycles. The number of aliphatic hydroxyl groups is 1. The van der Waals surface area contributed by atoms with Crippen LogP contribution in [0.25, 0.3) is 0 Å². The van der Waals surface area contributed by atoms with Gasteiger partial charge < -0.3 is 5.11 Å². The van der Waals surface area contributed by atoms with E-state index in [0.717, 1.165) is 0 Å². The van der Waals surface area contributed by atoms with Gasteiger partial charge in [-0.15, -0.1) is 0 Å². The molecule has 2 unspecified atom stereocenters. The Balaban J connectivity index is 3.32. The summed E-state index contributed by atoms with van der Waals surface area (Å²) in [4.78, 5) is 0.273. The SMILES string of the molecule is CCC(O)C(C)c1ccccc1S(=O)(=O)N(C)C. The van der Waals surface area contributed by atoms with E-state index in [1.54, 1.807) is 24.3 Å². The van der Waals surface area contributed by atoms with Crippen molar-refractivity contribution in [3.05, 3.63) is 29.8 Å². The first-order chi connectivity index (χ1) is 8.32. The molecule has 0 spiro atoms. The van der Waals surface area contributed by atoms with Gasteiger partial charge in [0.25, 0.3) is 0 Å². The minimum absolute atomic E-state index is 0.207. The molecule has 0 bridgehead atoms. The van der Waals surface area contributed by atoms with E-state index in [1.807, 2.05) is 13.8 Å². The molecule has 0 aliphatic rings. The topological polar surface area (TPSA) is 57.6 Å². The molecular formula is C13H21NO3S. The van der Waals surface area contributed by atoms with Crippen LogP contribution >= 0.6 is 0 Å². The summed E-state index contributed by atoms with van der Waals surface area (Å²) in [5.74, 6) is -0.207. The predicted molar refractivity (Wildman–Crippen MR) is 72.0 cm³/mol. The summed E-state index contributed by atoms with van der Waals surface area (Å²) in [5, 5.41) is 9.90. The van der Waals surface area contributed by atoms with E-state index in [-0.39, 0.29) is 10.8 Å². The Kier molecular flexibility index (Phi) is 4.90. The van der Waals surface area contributed by atoms with E-state index in [4.69, 9.17) is 0 Å². The molecule has 0 radical (unpaired) electrons. The zero-order valence-corrected chi connectivity index (χ0v) is 12.1. The molecule has 0 aliphatic heterocycles. The van der Waals surface area contributed by atoms with Crippen LogP contribution in [0.5, 0.6) is 0 Å². The Bertz CT molecular complexity index is 497. The molecular weight excluding hydrogens is 250 g/mol. The molecule has 0 amide bonds. The Morgan fingerprint density at radius 2 is 1.83 bits per heavy atom. The molecule has 5 heteroatoms. The fourth-order valence-electron chi connectivity index (χ4n) is 1.85. The third-order valence-corrected chi connectivity index (χ3v) is 5.05. The van der Waals surface area contributed by atoms with Crippen molar-refractivity contribution in [3.63, 3.8) is 0 Å². The molecule has 0 aliphatic carbocycles. The summed E-state index contributed by atoms with van der Waals surface area (Å²) in [5.41, 5.74) is 0.667. The maximum absolute atomic E-state index is 12.2. The summed E-state index contributed by atoms with van der Waals surface area (Å²) in [6.45, 7) is 3.72. The lowest BCUT2D eigenvalue weighted by molar-refractivity contribution is 0.144. The van der Waals surface area contributed by atoms with E-state index < -0.39 is 16.1 Å². The van der Waals surface area contributed by atoms with E-state index in [2.05, 4.69) is 0 Å². The van der Waals surface area contributed by atoms with Crippen LogP contribution in [0, 0.1) is 0 Å². The van der Waals surface area contributed by atoms with Crippen LogP contribution < -0.4 is 0 Å². The highest BCUT2D eigenvalue weighted by atomic mass is 32.2. The molecule has 1 aromatic carbocycles. The maximum atomic E-state index is 12.2. The highest BCUT2D eigenvalue weighted by molar-refractivity contribution is 7.89. The summed E-state index contributed by atoms with van der Waals surface area (Å²) in [6.07, 6.45) is 0.0563. The van der Waals surface area contributed by atoms with Gasteiger partial charge in [-0.3, -0.25) is 0 Å². The van der Waals surface area contributed by atoms with Crippen molar-refractivity contribution in [3.8, 4) is 0 Å². The molecule has 1 aromatic rings. The zero-order chi connectivity index (χ0) is 13.9. The maximum Gasteiger partial charge on any atom is 0.242 e. The average molecular weight is 271 g/mol. The molecule has 0 fully saturated rings. The van der Waals surface area contributed by atoms with Crippen molar-refractivity contribution in [2.24, 2.45) is 0 Å². The van der Waals surface area contributed by atoms with E-state index in [1.165, 1.54) is 18.4 Å². The van der Waals surface area contributed by atoms with E-state index in [9.17, 15) is 13.5 Å². The van der Waals surface area contributed by atoms with Crippen LogP contribution in [0.2, 0.25) is 0 Å². The van der Waals surface area contributed by atoms with Crippen molar-refractivity contribution >= 4 is 10.0 Å². The third kappa shape index (κ3) is 2.91. The summed E-state index contributed by atoms with van der Waals surface area (Å²) in [6, 6.07) is 6.84. The highest BCUT2D eigenvalue weighted by Crippen LogP contribution is 2.28. The third-order valence-electron chi connectivity index (χ3n) is 3.16. The van der Waals surface area contributed by atoms with Crippen LogP contribution in [0.4, 0.5) is 0 Å². The van der Waals surface area contributed by atoms with E-state index >= 15 is 0 Å². The van der Waals surface area contributed by atoms with Crippen LogP contribution in [0.1, 0.15) is 31.7 Å². The predicted octanol–water partition coefficient (Wildman–Crippen LogP) is 1.81. The molecule has 2 atom stereocenters. The molecule has 0 heterocycles. The monoisotopic (exact) mass is 271 g/mol. The number of hydrogen-bond acceptors (Lipinski definition) is 3. The molecule has 102 valence electrons. The Morgan fingerprint density at radius 1 is 1.28 bits per heavy atom. The van der Waals surface area contributed by atoms with Crippen LogP contribution in [-0.2, 0) is 10.0 Å². The summed E-state index contributed by atoms with van der Waals surface area (Å²) in [7, 11) is -0.458. The van der Waals surface area contributed by atoms with Gasteiger partial charge in [-0.1, -0.05) is 32.0 Å². The largest absolute Gasteiger partial charge is 0.393 e. The van der Waals surface area contributed by atoms with Gasteiger partial charge in [0.05, 0.1) is 11.0 Å². The second-order valence-corrected chi connectivity index (χ2v) is 6.71. The quantitative estimate of drug-likeness (QED) is 0.888. The molecule has 4 nitrogen and oxygen atoms in total. The van der Waals surface area contributed by atoms with Crippen molar-refractivity contribution in [1.29, 1.82) is 0 Å². The van der Waals surface area contributed by atoms with Crippen molar-refractivity contribution in [1.82, 2.24) is 4.31 Å². The Hall–Kier alpha value is -0.910. The first-order valence-electron chi connectivity index (χ1n) is 6.01. The highest BCUT2D eigenvalue weighted by Gasteiger charge is 2.25. The van der Waals surface area contributed by atoms with Gasteiger partial charge in [0.15, 0.2) is 0 Å². The number of hydrogen-bond donors (Lipinski definition) is 1. The van der Waals surface area contributed by atoms with Gasteiger partial charge in [0.2, 0.25) is 10.0 Å². The summed E-state index contributed by atoms with van der Waals surface area (Å²) < 4.78 is 25.6. The molecule has 0 aromatic heterocycles. The first-order valence-corrected chi connectivity index (χ1v) is 7.45.